The molecule has 156 valence electrons. The maximum Gasteiger partial charge on any atom is 0.416 e. The molecule has 11 heteroatoms. The van der Waals surface area contributed by atoms with Crippen LogP contribution in [0.5, 0.6) is 0 Å². The molecule has 0 radical (unpaired) electrons. The number of rotatable bonds is 2. The average Bonchev–Trinajstić information content (AvgIpc) is 2.53. The Bertz CT molecular complexity index is 872. The molecular weight excluding hydrogens is 525 g/mol. The van der Waals surface area contributed by atoms with E-state index in [1.54, 1.807) is 0 Å². The first-order valence-electron chi connectivity index (χ1n) is 7.54. The molecule has 1 N–H and O–H groups in total. The molecule has 0 saturated carbocycles. The van der Waals surface area contributed by atoms with Crippen molar-refractivity contribution in [2.24, 2.45) is 0 Å². The molecule has 0 aliphatic heterocycles. The second-order valence-corrected chi connectivity index (χ2v) is 8.59. The first-order valence-corrected chi connectivity index (χ1v) is 10.1. The van der Waals surface area contributed by atoms with Crippen molar-refractivity contribution in [1.29, 1.82) is 0 Å². The molecule has 2 aromatic carbocycles. The monoisotopic (exact) mass is 540 g/mol. The third-order valence-electron chi connectivity index (χ3n) is 3.40. The van der Waals surface area contributed by atoms with E-state index < -0.39 is 38.5 Å². The van der Waals surface area contributed by atoms with Crippen molar-refractivity contribution in [3.8, 4) is 0 Å². The lowest BCUT2D eigenvalue weighted by atomic mass is 10.0. The highest BCUT2D eigenvalue weighted by atomic mass is 127. The summed E-state index contributed by atoms with van der Waals surface area (Å²) in [7, 11) is -5.17. The van der Waals surface area contributed by atoms with Gasteiger partial charge in [-0.2, -0.15) is 34.8 Å². The van der Waals surface area contributed by atoms with Gasteiger partial charge in [0.1, 0.15) is 0 Å². The first-order chi connectivity index (χ1) is 12.5. The minimum atomic E-state index is -5.17. The molecule has 0 unspecified atom stereocenters. The van der Waals surface area contributed by atoms with Crippen LogP contribution in [0.15, 0.2) is 47.4 Å². The lowest BCUT2D eigenvalue weighted by molar-refractivity contribution is -0.143. The van der Waals surface area contributed by atoms with Gasteiger partial charge in [-0.05, 0) is 64.4 Å². The SMILES string of the molecule is CC(C)c1ccc(I)cc1.O=S(=O)(O)c1cc(C(F)(F)F)cc(C(F)(F)F)c1. The molecule has 0 amide bonds. The quantitative estimate of drug-likeness (QED) is 0.273. The van der Waals surface area contributed by atoms with E-state index in [2.05, 4.69) is 60.7 Å². The Morgan fingerprint density at radius 3 is 1.54 bits per heavy atom. The smallest absolute Gasteiger partial charge is 0.282 e. The van der Waals surface area contributed by atoms with Crippen molar-refractivity contribution in [3.05, 3.63) is 62.7 Å². The summed E-state index contributed by atoms with van der Waals surface area (Å²) < 4.78 is 105. The number of benzene rings is 2. The summed E-state index contributed by atoms with van der Waals surface area (Å²) in [5, 5.41) is 0. The van der Waals surface area contributed by atoms with Crippen LogP contribution in [0, 0.1) is 3.57 Å². The zero-order valence-corrected chi connectivity index (χ0v) is 17.4. The molecule has 3 nitrogen and oxygen atoms in total. The molecule has 0 saturated heterocycles. The molecule has 0 aliphatic rings. The van der Waals surface area contributed by atoms with E-state index >= 15 is 0 Å². The summed E-state index contributed by atoms with van der Waals surface area (Å²) in [5.74, 6) is 0.650. The maximum atomic E-state index is 12.3. The van der Waals surface area contributed by atoms with E-state index in [1.165, 1.54) is 9.13 Å². The van der Waals surface area contributed by atoms with Crippen molar-refractivity contribution in [1.82, 2.24) is 0 Å². The molecule has 0 atom stereocenters. The number of hydrogen-bond donors (Lipinski definition) is 1. The number of halogens is 7. The van der Waals surface area contributed by atoms with Gasteiger partial charge in [0.25, 0.3) is 10.1 Å². The molecule has 0 spiro atoms. The predicted molar refractivity (Wildman–Crippen MR) is 99.5 cm³/mol. The van der Waals surface area contributed by atoms with Gasteiger partial charge < -0.3 is 0 Å². The highest BCUT2D eigenvalue weighted by molar-refractivity contribution is 14.1. The van der Waals surface area contributed by atoms with Gasteiger partial charge in [0.05, 0.1) is 16.0 Å². The number of alkyl halides is 6. The molecule has 28 heavy (non-hydrogen) atoms. The van der Waals surface area contributed by atoms with E-state index in [1.807, 2.05) is 0 Å². The van der Waals surface area contributed by atoms with Gasteiger partial charge in [-0.1, -0.05) is 26.0 Å². The Morgan fingerprint density at radius 1 is 0.857 bits per heavy atom. The minimum Gasteiger partial charge on any atom is -0.282 e. The van der Waals surface area contributed by atoms with Crippen molar-refractivity contribution in [3.63, 3.8) is 0 Å². The third kappa shape index (κ3) is 7.59. The van der Waals surface area contributed by atoms with E-state index in [0.29, 0.717) is 5.92 Å². The van der Waals surface area contributed by atoms with Crippen molar-refractivity contribution < 1.29 is 39.3 Å². The van der Waals surface area contributed by atoms with Crippen LogP contribution in [0.1, 0.15) is 36.5 Å². The van der Waals surface area contributed by atoms with E-state index in [-0.39, 0.29) is 18.2 Å². The van der Waals surface area contributed by atoms with Gasteiger partial charge in [0, 0.05) is 3.57 Å². The van der Waals surface area contributed by atoms with Crippen LogP contribution in [0.3, 0.4) is 0 Å². The molecule has 0 aliphatic carbocycles. The fourth-order valence-electron chi connectivity index (χ4n) is 1.92. The topological polar surface area (TPSA) is 54.4 Å². The summed E-state index contributed by atoms with van der Waals surface area (Å²) in [5.41, 5.74) is -2.21. The lowest BCUT2D eigenvalue weighted by Crippen LogP contribution is -2.13. The second kappa shape index (κ2) is 8.99. The largest absolute Gasteiger partial charge is 0.416 e. The van der Waals surface area contributed by atoms with Crippen LogP contribution in [-0.4, -0.2) is 13.0 Å². The second-order valence-electron chi connectivity index (χ2n) is 5.92. The summed E-state index contributed by atoms with van der Waals surface area (Å²) in [4.78, 5) is -1.47. The van der Waals surface area contributed by atoms with Crippen LogP contribution in [0.2, 0.25) is 0 Å². The normalized spacial score (nSPS) is 12.5. The minimum absolute atomic E-state index is 0.0788. The Kier molecular flexibility index (Phi) is 7.93. The molecule has 0 heterocycles. The van der Waals surface area contributed by atoms with E-state index in [9.17, 15) is 34.8 Å². The van der Waals surface area contributed by atoms with Crippen molar-refractivity contribution >= 4 is 32.7 Å². The van der Waals surface area contributed by atoms with Gasteiger partial charge in [-0.15, -0.1) is 0 Å². The fourth-order valence-corrected chi connectivity index (χ4v) is 2.83. The van der Waals surface area contributed by atoms with Crippen LogP contribution < -0.4 is 0 Å². The lowest BCUT2D eigenvalue weighted by Gasteiger charge is -2.12. The Labute approximate surface area is 171 Å². The van der Waals surface area contributed by atoms with Crippen molar-refractivity contribution in [2.45, 2.75) is 37.0 Å². The van der Waals surface area contributed by atoms with E-state index in [0.717, 1.165) is 0 Å². The number of hydrogen-bond acceptors (Lipinski definition) is 2. The predicted octanol–water partition coefficient (Wildman–Crippen LogP) is 6.39. The summed E-state index contributed by atoms with van der Waals surface area (Å²) in [6.07, 6.45) is -10.3. The molecule has 0 aromatic heterocycles. The van der Waals surface area contributed by atoms with E-state index in [4.69, 9.17) is 4.55 Å². The Morgan fingerprint density at radius 2 is 1.25 bits per heavy atom. The zero-order chi connectivity index (χ0) is 21.9. The van der Waals surface area contributed by atoms with Crippen molar-refractivity contribution in [2.75, 3.05) is 0 Å². The van der Waals surface area contributed by atoms with Crippen LogP contribution >= 0.6 is 22.6 Å². The highest BCUT2D eigenvalue weighted by Crippen LogP contribution is 2.37. The van der Waals surface area contributed by atoms with Gasteiger partial charge in [-0.25, -0.2) is 0 Å². The molecule has 2 aromatic rings. The molecule has 0 bridgehead atoms. The Hall–Kier alpha value is -1.34. The van der Waals surface area contributed by atoms with Crippen LogP contribution in [0.25, 0.3) is 0 Å². The van der Waals surface area contributed by atoms with Gasteiger partial charge in [-0.3, -0.25) is 4.55 Å². The third-order valence-corrected chi connectivity index (χ3v) is 4.95. The van der Waals surface area contributed by atoms with Gasteiger partial charge >= 0.3 is 12.4 Å². The van der Waals surface area contributed by atoms with Gasteiger partial charge in [0.2, 0.25) is 0 Å². The Balaban J connectivity index is 0.000000330. The summed E-state index contributed by atoms with van der Waals surface area (Å²) >= 11 is 2.32. The molecule has 2 rings (SSSR count). The average molecular weight is 540 g/mol. The first kappa shape index (κ1) is 24.7. The maximum absolute atomic E-state index is 12.3. The summed E-state index contributed by atoms with van der Waals surface area (Å²) in [6.45, 7) is 4.42. The van der Waals surface area contributed by atoms with Gasteiger partial charge in [0.15, 0.2) is 0 Å². The standard InChI is InChI=1S/C9H11I.C8H4F6O3S/c1-7(2)8-3-5-9(10)6-4-8;9-7(10,11)4-1-5(8(12,13)14)3-6(2-4)18(15,16)17/h3-7H,1-2H3;1-3H,(H,15,16,17). The fraction of sp³-hybridized carbons (Fsp3) is 0.294. The van der Waals surface area contributed by atoms with Crippen LogP contribution in [-0.2, 0) is 22.5 Å². The zero-order valence-electron chi connectivity index (χ0n) is 14.4. The highest BCUT2D eigenvalue weighted by Gasteiger charge is 2.38. The van der Waals surface area contributed by atoms with Crippen LogP contribution in [0.4, 0.5) is 26.3 Å². The summed E-state index contributed by atoms with van der Waals surface area (Å²) in [6, 6.07) is 8.27. The molecule has 0 fully saturated rings. The molecular formula is C17H15F6IO3S.